The predicted molar refractivity (Wildman–Crippen MR) is 103 cm³/mol. The fourth-order valence-electron chi connectivity index (χ4n) is 2.32. The molecule has 0 amide bonds. The SMILES string of the molecule is COc1cc(CNC(=S)Nc2ccc(C(C)C)cc2)ccc1OC(F)F. The van der Waals surface area contributed by atoms with Crippen LogP contribution in [0, 0.1) is 0 Å². The molecule has 0 spiro atoms. The summed E-state index contributed by atoms with van der Waals surface area (Å²) in [6.45, 7) is 1.80. The first kappa shape index (κ1) is 19.9. The second-order valence-electron chi connectivity index (χ2n) is 5.95. The van der Waals surface area contributed by atoms with Gasteiger partial charge in [-0.1, -0.05) is 32.0 Å². The molecule has 26 heavy (non-hydrogen) atoms. The van der Waals surface area contributed by atoms with Crippen molar-refractivity contribution in [1.29, 1.82) is 0 Å². The van der Waals surface area contributed by atoms with Crippen LogP contribution in [-0.2, 0) is 6.54 Å². The third-order valence-corrected chi connectivity index (χ3v) is 3.98. The molecule has 2 aromatic rings. The van der Waals surface area contributed by atoms with Crippen molar-refractivity contribution in [2.24, 2.45) is 0 Å². The Labute approximate surface area is 157 Å². The van der Waals surface area contributed by atoms with E-state index in [0.717, 1.165) is 11.3 Å². The summed E-state index contributed by atoms with van der Waals surface area (Å²) in [4.78, 5) is 0. The number of hydrogen-bond acceptors (Lipinski definition) is 3. The van der Waals surface area contributed by atoms with Gasteiger partial charge in [0.05, 0.1) is 7.11 Å². The van der Waals surface area contributed by atoms with Crippen molar-refractivity contribution in [3.05, 3.63) is 53.6 Å². The number of benzene rings is 2. The van der Waals surface area contributed by atoms with E-state index in [-0.39, 0.29) is 11.5 Å². The van der Waals surface area contributed by atoms with Gasteiger partial charge in [0.1, 0.15) is 0 Å². The summed E-state index contributed by atoms with van der Waals surface area (Å²) in [6, 6.07) is 12.8. The number of rotatable bonds is 7. The van der Waals surface area contributed by atoms with Crippen LogP contribution in [0.3, 0.4) is 0 Å². The second-order valence-corrected chi connectivity index (χ2v) is 6.36. The first-order valence-corrected chi connectivity index (χ1v) is 8.56. The lowest BCUT2D eigenvalue weighted by Crippen LogP contribution is -2.27. The lowest BCUT2D eigenvalue weighted by atomic mass is 10.0. The molecule has 0 radical (unpaired) electrons. The first-order valence-electron chi connectivity index (χ1n) is 8.15. The molecule has 0 aliphatic heterocycles. The van der Waals surface area contributed by atoms with Gasteiger partial charge in [-0.2, -0.15) is 8.78 Å². The molecule has 0 bridgehead atoms. The second kappa shape index (κ2) is 9.33. The normalized spacial score (nSPS) is 10.7. The number of methoxy groups -OCH3 is 1. The highest BCUT2D eigenvalue weighted by molar-refractivity contribution is 7.80. The van der Waals surface area contributed by atoms with Crippen molar-refractivity contribution in [2.45, 2.75) is 32.9 Å². The molecule has 4 nitrogen and oxygen atoms in total. The molecule has 2 N–H and O–H groups in total. The number of hydrogen-bond donors (Lipinski definition) is 2. The number of halogens is 2. The Morgan fingerprint density at radius 2 is 1.77 bits per heavy atom. The number of thiocarbonyl (C=S) groups is 1. The monoisotopic (exact) mass is 380 g/mol. The van der Waals surface area contributed by atoms with Gasteiger partial charge in [-0.05, 0) is 53.5 Å². The minimum atomic E-state index is -2.90. The quantitative estimate of drug-likeness (QED) is 0.669. The highest BCUT2D eigenvalue weighted by atomic mass is 32.1. The van der Waals surface area contributed by atoms with E-state index in [2.05, 4.69) is 41.4 Å². The highest BCUT2D eigenvalue weighted by Gasteiger charge is 2.11. The van der Waals surface area contributed by atoms with Crippen LogP contribution in [0.2, 0.25) is 0 Å². The molecule has 2 rings (SSSR count). The van der Waals surface area contributed by atoms with E-state index < -0.39 is 6.61 Å². The molecular formula is C19H22F2N2O2S. The van der Waals surface area contributed by atoms with E-state index in [1.165, 1.54) is 18.7 Å². The zero-order valence-electron chi connectivity index (χ0n) is 14.9. The minimum Gasteiger partial charge on any atom is -0.493 e. The number of nitrogens with one attached hydrogen (secondary N) is 2. The average molecular weight is 380 g/mol. The van der Waals surface area contributed by atoms with E-state index in [9.17, 15) is 8.78 Å². The summed E-state index contributed by atoms with van der Waals surface area (Å²) in [6.07, 6.45) is 0. The summed E-state index contributed by atoms with van der Waals surface area (Å²) in [7, 11) is 1.40. The highest BCUT2D eigenvalue weighted by Crippen LogP contribution is 2.29. The van der Waals surface area contributed by atoms with Gasteiger partial charge < -0.3 is 20.1 Å². The van der Waals surface area contributed by atoms with Crippen molar-refractivity contribution in [1.82, 2.24) is 5.32 Å². The number of alkyl halides is 2. The topological polar surface area (TPSA) is 42.5 Å². The Hall–Kier alpha value is -2.41. The van der Waals surface area contributed by atoms with E-state index in [1.807, 2.05) is 12.1 Å². The van der Waals surface area contributed by atoms with E-state index in [4.69, 9.17) is 17.0 Å². The minimum absolute atomic E-state index is 0.00260. The molecule has 0 aromatic heterocycles. The van der Waals surface area contributed by atoms with Gasteiger partial charge in [0.2, 0.25) is 0 Å². The lowest BCUT2D eigenvalue weighted by molar-refractivity contribution is -0.0512. The van der Waals surface area contributed by atoms with Crippen molar-refractivity contribution >= 4 is 23.0 Å². The van der Waals surface area contributed by atoms with Crippen LogP contribution in [0.5, 0.6) is 11.5 Å². The van der Waals surface area contributed by atoms with Crippen LogP contribution in [0.25, 0.3) is 0 Å². The molecule has 140 valence electrons. The molecule has 7 heteroatoms. The van der Waals surface area contributed by atoms with Gasteiger partial charge in [0.15, 0.2) is 16.6 Å². The average Bonchev–Trinajstić information content (AvgIpc) is 2.60. The van der Waals surface area contributed by atoms with Crippen LogP contribution in [0.4, 0.5) is 14.5 Å². The van der Waals surface area contributed by atoms with Gasteiger partial charge in [0, 0.05) is 12.2 Å². The largest absolute Gasteiger partial charge is 0.493 e. The van der Waals surface area contributed by atoms with Crippen LogP contribution in [0.15, 0.2) is 42.5 Å². The molecule has 0 fully saturated rings. The van der Waals surface area contributed by atoms with Crippen molar-refractivity contribution in [2.75, 3.05) is 12.4 Å². The van der Waals surface area contributed by atoms with Crippen molar-refractivity contribution in [3.8, 4) is 11.5 Å². The lowest BCUT2D eigenvalue weighted by Gasteiger charge is -2.14. The van der Waals surface area contributed by atoms with E-state index in [0.29, 0.717) is 17.6 Å². The molecule has 0 saturated heterocycles. The Morgan fingerprint density at radius 1 is 1.08 bits per heavy atom. The number of anilines is 1. The molecule has 0 atom stereocenters. The van der Waals surface area contributed by atoms with E-state index >= 15 is 0 Å². The zero-order valence-corrected chi connectivity index (χ0v) is 15.7. The summed E-state index contributed by atoms with van der Waals surface area (Å²) in [5.41, 5.74) is 2.97. The van der Waals surface area contributed by atoms with Gasteiger partial charge in [0.25, 0.3) is 0 Å². The number of ether oxygens (including phenoxy) is 2. The first-order chi connectivity index (χ1) is 12.4. The van der Waals surface area contributed by atoms with Gasteiger partial charge in [-0.25, -0.2) is 0 Å². The third-order valence-electron chi connectivity index (χ3n) is 3.73. The molecular weight excluding hydrogens is 358 g/mol. The predicted octanol–water partition coefficient (Wildman–Crippen LogP) is 4.91. The van der Waals surface area contributed by atoms with Crippen LogP contribution < -0.4 is 20.1 Å². The maximum Gasteiger partial charge on any atom is 0.387 e. The van der Waals surface area contributed by atoms with Crippen molar-refractivity contribution < 1.29 is 18.3 Å². The Balaban J connectivity index is 1.92. The molecule has 2 aromatic carbocycles. The summed E-state index contributed by atoms with van der Waals surface area (Å²) >= 11 is 5.29. The Bertz CT molecular complexity index is 737. The summed E-state index contributed by atoms with van der Waals surface area (Å²) < 4.78 is 34.2. The van der Waals surface area contributed by atoms with Crippen LogP contribution in [0.1, 0.15) is 30.9 Å². The third kappa shape index (κ3) is 5.84. The molecule has 0 heterocycles. The molecule has 0 saturated carbocycles. The Kier molecular flexibility index (Phi) is 7.15. The van der Waals surface area contributed by atoms with Gasteiger partial charge >= 0.3 is 6.61 Å². The van der Waals surface area contributed by atoms with Crippen LogP contribution in [-0.4, -0.2) is 18.8 Å². The maximum atomic E-state index is 12.4. The van der Waals surface area contributed by atoms with Crippen LogP contribution >= 0.6 is 12.2 Å². The maximum absolute atomic E-state index is 12.4. The standard InChI is InChI=1S/C19H22F2N2O2S/c1-12(2)14-5-7-15(8-6-14)23-19(26)22-11-13-4-9-16(25-18(20)21)17(10-13)24-3/h4-10,12,18H,11H2,1-3H3,(H2,22,23,26). The van der Waals surface area contributed by atoms with Gasteiger partial charge in [-0.15, -0.1) is 0 Å². The Morgan fingerprint density at radius 3 is 2.35 bits per heavy atom. The summed E-state index contributed by atoms with van der Waals surface area (Å²) in [5.74, 6) is 0.714. The fourth-order valence-corrected chi connectivity index (χ4v) is 2.51. The fraction of sp³-hybridized carbons (Fsp3) is 0.316. The zero-order chi connectivity index (χ0) is 19.1. The van der Waals surface area contributed by atoms with Gasteiger partial charge in [-0.3, -0.25) is 0 Å². The van der Waals surface area contributed by atoms with E-state index in [1.54, 1.807) is 12.1 Å². The summed E-state index contributed by atoms with van der Waals surface area (Å²) in [5, 5.41) is 6.65. The van der Waals surface area contributed by atoms with Crippen molar-refractivity contribution in [3.63, 3.8) is 0 Å². The smallest absolute Gasteiger partial charge is 0.387 e. The molecule has 0 aliphatic rings. The molecule has 0 unspecified atom stereocenters. The molecule has 0 aliphatic carbocycles.